The molecule has 1 aromatic heterocycles. The van der Waals surface area contributed by atoms with E-state index in [1.54, 1.807) is 6.07 Å². The third-order valence-corrected chi connectivity index (χ3v) is 2.97. The molecule has 19 heavy (non-hydrogen) atoms. The molecule has 0 radical (unpaired) electrons. The number of amides is 1. The van der Waals surface area contributed by atoms with Gasteiger partial charge in [-0.05, 0) is 35.4 Å². The lowest BCUT2D eigenvalue weighted by Gasteiger charge is -2.06. The van der Waals surface area contributed by atoms with Gasteiger partial charge in [0.25, 0.3) is 5.91 Å². The Kier molecular flexibility index (Phi) is 2.97. The molecule has 0 aliphatic carbocycles. The smallest absolute Gasteiger partial charge is 0.255 e. The van der Waals surface area contributed by atoms with Gasteiger partial charge < -0.3 is 10.1 Å². The van der Waals surface area contributed by atoms with Crippen molar-refractivity contribution in [3.8, 4) is 0 Å². The number of hydrogen-bond donors (Lipinski definition) is 1. The maximum atomic E-state index is 12.7. The summed E-state index contributed by atoms with van der Waals surface area (Å²) in [5, 5.41) is 2.67. The molecule has 96 valence electrons. The van der Waals surface area contributed by atoms with Crippen LogP contribution >= 0.6 is 0 Å². The number of anilines is 1. The van der Waals surface area contributed by atoms with Gasteiger partial charge in [-0.2, -0.15) is 4.39 Å². The third-order valence-electron chi connectivity index (χ3n) is 2.97. The first-order valence-electron chi connectivity index (χ1n) is 5.85. The second-order valence-corrected chi connectivity index (χ2v) is 4.30. The quantitative estimate of drug-likeness (QED) is 0.842. The molecule has 0 saturated carbocycles. The Bertz CT molecular complexity index is 626. The van der Waals surface area contributed by atoms with E-state index in [-0.39, 0.29) is 5.91 Å². The number of rotatable bonds is 2. The van der Waals surface area contributed by atoms with Gasteiger partial charge in [-0.15, -0.1) is 0 Å². The molecule has 2 aromatic rings. The van der Waals surface area contributed by atoms with E-state index in [1.165, 1.54) is 18.3 Å². The molecule has 1 amide bonds. The minimum atomic E-state index is -0.576. The Balaban J connectivity index is 1.78. The van der Waals surface area contributed by atoms with Crippen molar-refractivity contribution in [1.29, 1.82) is 0 Å². The highest BCUT2D eigenvalue weighted by atomic mass is 19.1. The van der Waals surface area contributed by atoms with Gasteiger partial charge in [0.05, 0.1) is 25.1 Å². The molecule has 0 fully saturated rings. The molecule has 4 nitrogen and oxygen atoms in total. The number of hydrogen-bond acceptors (Lipinski definition) is 3. The first-order valence-corrected chi connectivity index (χ1v) is 5.85. The van der Waals surface area contributed by atoms with Crippen molar-refractivity contribution < 1.29 is 13.9 Å². The molecule has 5 heteroatoms. The van der Waals surface area contributed by atoms with Crippen LogP contribution in [0.3, 0.4) is 0 Å². The fraction of sp³-hybridized carbons (Fsp3) is 0.143. The van der Waals surface area contributed by atoms with Crippen LogP contribution in [-0.2, 0) is 18.0 Å². The van der Waals surface area contributed by atoms with Crippen LogP contribution < -0.4 is 5.32 Å². The summed E-state index contributed by atoms with van der Waals surface area (Å²) in [5.41, 5.74) is 3.15. The minimum Gasteiger partial charge on any atom is -0.372 e. The summed E-state index contributed by atoms with van der Waals surface area (Å²) >= 11 is 0. The van der Waals surface area contributed by atoms with Crippen LogP contribution in [0.4, 0.5) is 10.1 Å². The van der Waals surface area contributed by atoms with E-state index >= 15 is 0 Å². The van der Waals surface area contributed by atoms with E-state index in [4.69, 9.17) is 4.74 Å². The van der Waals surface area contributed by atoms with Gasteiger partial charge in [0, 0.05) is 5.56 Å². The second kappa shape index (κ2) is 4.78. The van der Waals surface area contributed by atoms with Gasteiger partial charge in [0.1, 0.15) is 0 Å². The predicted molar refractivity (Wildman–Crippen MR) is 67.1 cm³/mol. The molecule has 1 aromatic carbocycles. The average molecular weight is 258 g/mol. The summed E-state index contributed by atoms with van der Waals surface area (Å²) in [6.07, 6.45) is 1.28. The Morgan fingerprint density at radius 2 is 2.05 bits per heavy atom. The molecule has 0 saturated heterocycles. The summed E-state index contributed by atoms with van der Waals surface area (Å²) in [7, 11) is 0. The lowest BCUT2D eigenvalue weighted by Crippen LogP contribution is -2.12. The van der Waals surface area contributed by atoms with Gasteiger partial charge in [-0.1, -0.05) is 6.07 Å². The maximum Gasteiger partial charge on any atom is 0.255 e. The Hall–Kier alpha value is -2.27. The molecule has 3 rings (SSSR count). The number of nitrogens with one attached hydrogen (secondary N) is 1. The number of pyridine rings is 1. The van der Waals surface area contributed by atoms with Crippen LogP contribution in [0.5, 0.6) is 0 Å². The molecular formula is C14H11FN2O2. The Morgan fingerprint density at radius 1 is 1.21 bits per heavy atom. The van der Waals surface area contributed by atoms with Crippen molar-refractivity contribution in [3.05, 3.63) is 59.2 Å². The first kappa shape index (κ1) is 11.8. The van der Waals surface area contributed by atoms with Crippen molar-refractivity contribution in [2.45, 2.75) is 13.2 Å². The SMILES string of the molecule is O=C(Nc1ccc(F)nc1)c1ccc2c(c1)COC2. The van der Waals surface area contributed by atoms with Crippen molar-refractivity contribution in [2.24, 2.45) is 0 Å². The summed E-state index contributed by atoms with van der Waals surface area (Å²) in [5.74, 6) is -0.823. The number of benzene rings is 1. The second-order valence-electron chi connectivity index (χ2n) is 4.30. The zero-order chi connectivity index (χ0) is 13.2. The van der Waals surface area contributed by atoms with E-state index in [0.717, 1.165) is 11.1 Å². The van der Waals surface area contributed by atoms with E-state index < -0.39 is 5.95 Å². The van der Waals surface area contributed by atoms with Crippen LogP contribution in [0.2, 0.25) is 0 Å². The van der Waals surface area contributed by atoms with Gasteiger partial charge in [-0.25, -0.2) is 4.98 Å². The van der Waals surface area contributed by atoms with E-state index in [1.807, 2.05) is 12.1 Å². The number of nitrogens with zero attached hydrogens (tertiary/aromatic N) is 1. The zero-order valence-electron chi connectivity index (χ0n) is 10.0. The van der Waals surface area contributed by atoms with E-state index in [0.29, 0.717) is 24.5 Å². The molecule has 0 atom stereocenters. The van der Waals surface area contributed by atoms with Crippen LogP contribution in [-0.4, -0.2) is 10.9 Å². The lowest BCUT2D eigenvalue weighted by molar-refractivity contribution is 0.102. The third kappa shape index (κ3) is 2.46. The highest BCUT2D eigenvalue weighted by Crippen LogP contribution is 2.21. The standard InChI is InChI=1S/C14H11FN2O2/c15-13-4-3-12(6-16-13)17-14(18)9-1-2-10-7-19-8-11(10)5-9/h1-6H,7-8H2,(H,17,18). The molecule has 1 aliphatic rings. The molecule has 2 heterocycles. The monoisotopic (exact) mass is 258 g/mol. The largest absolute Gasteiger partial charge is 0.372 e. The van der Waals surface area contributed by atoms with Crippen molar-refractivity contribution in [2.75, 3.05) is 5.32 Å². The van der Waals surface area contributed by atoms with Gasteiger partial charge in [0.15, 0.2) is 0 Å². The Labute approximate surface area is 109 Å². The summed E-state index contributed by atoms with van der Waals surface area (Å²) in [6.45, 7) is 1.13. The fourth-order valence-corrected chi connectivity index (χ4v) is 1.97. The number of carbonyl (C=O) groups excluding carboxylic acids is 1. The number of fused-ring (bicyclic) bond motifs is 1. The molecule has 1 N–H and O–H groups in total. The molecule has 0 spiro atoms. The number of ether oxygens (including phenoxy) is 1. The minimum absolute atomic E-state index is 0.247. The topological polar surface area (TPSA) is 51.2 Å². The van der Waals surface area contributed by atoms with Crippen LogP contribution in [0.25, 0.3) is 0 Å². The molecule has 0 bridgehead atoms. The van der Waals surface area contributed by atoms with Crippen LogP contribution in [0, 0.1) is 5.95 Å². The Morgan fingerprint density at radius 3 is 2.84 bits per heavy atom. The summed E-state index contributed by atoms with van der Waals surface area (Å²) in [4.78, 5) is 15.5. The fourth-order valence-electron chi connectivity index (χ4n) is 1.97. The van der Waals surface area contributed by atoms with Crippen molar-refractivity contribution in [3.63, 3.8) is 0 Å². The number of aromatic nitrogens is 1. The lowest BCUT2D eigenvalue weighted by atomic mass is 10.1. The van der Waals surface area contributed by atoms with Crippen LogP contribution in [0.15, 0.2) is 36.5 Å². The number of carbonyl (C=O) groups is 1. The first-order chi connectivity index (χ1) is 9.22. The molecular weight excluding hydrogens is 247 g/mol. The van der Waals surface area contributed by atoms with Gasteiger partial charge in [0.2, 0.25) is 5.95 Å². The zero-order valence-corrected chi connectivity index (χ0v) is 10.0. The normalized spacial score (nSPS) is 13.1. The van der Waals surface area contributed by atoms with Crippen LogP contribution in [0.1, 0.15) is 21.5 Å². The highest BCUT2D eigenvalue weighted by molar-refractivity contribution is 6.04. The summed E-state index contributed by atoms with van der Waals surface area (Å²) in [6, 6.07) is 8.12. The maximum absolute atomic E-state index is 12.7. The van der Waals surface area contributed by atoms with Crippen molar-refractivity contribution in [1.82, 2.24) is 4.98 Å². The predicted octanol–water partition coefficient (Wildman–Crippen LogP) is 2.50. The highest BCUT2D eigenvalue weighted by Gasteiger charge is 2.14. The number of halogens is 1. The van der Waals surface area contributed by atoms with E-state index in [2.05, 4.69) is 10.3 Å². The van der Waals surface area contributed by atoms with Crippen molar-refractivity contribution >= 4 is 11.6 Å². The van der Waals surface area contributed by atoms with Gasteiger partial charge >= 0.3 is 0 Å². The summed E-state index contributed by atoms with van der Waals surface area (Å²) < 4.78 is 18.0. The van der Waals surface area contributed by atoms with Gasteiger partial charge in [-0.3, -0.25) is 4.79 Å². The molecule has 1 aliphatic heterocycles. The average Bonchev–Trinajstić information content (AvgIpc) is 2.88. The van der Waals surface area contributed by atoms with E-state index in [9.17, 15) is 9.18 Å². The molecule has 0 unspecified atom stereocenters.